The quantitative estimate of drug-likeness (QED) is 0.676. The van der Waals surface area contributed by atoms with Crippen molar-refractivity contribution < 1.29 is 34.1 Å². The van der Waals surface area contributed by atoms with Crippen LogP contribution in [0, 0.1) is 0 Å². The molecule has 0 aromatic carbocycles. The Labute approximate surface area is 105 Å². The molecule has 0 amide bonds. The number of carbonyl (C=O) groups is 3. The highest BCUT2D eigenvalue weighted by Gasteiger charge is 2.26. The highest BCUT2D eigenvalue weighted by molar-refractivity contribution is 5.83. The van der Waals surface area contributed by atoms with Gasteiger partial charge in [0.2, 0.25) is 0 Å². The molecule has 0 aromatic heterocycles. The standard InChI is InChI=1S/C11H18O7/c1-6(10(16)18-11(2,3)4)17-8(13)5-7(12)9(14)15/h6-7,12H,5H2,1-4H3,(H,14,15)/t6-,7-/m0/s1. The fourth-order valence-corrected chi connectivity index (χ4v) is 0.923. The van der Waals surface area contributed by atoms with Crippen molar-refractivity contribution in [3.05, 3.63) is 0 Å². The van der Waals surface area contributed by atoms with Crippen LogP contribution in [0.5, 0.6) is 0 Å². The van der Waals surface area contributed by atoms with E-state index in [-0.39, 0.29) is 0 Å². The fourth-order valence-electron chi connectivity index (χ4n) is 0.923. The Morgan fingerprint density at radius 3 is 2.11 bits per heavy atom. The molecule has 0 unspecified atom stereocenters. The molecule has 0 spiro atoms. The lowest BCUT2D eigenvalue weighted by Crippen LogP contribution is -2.34. The van der Waals surface area contributed by atoms with E-state index in [1.165, 1.54) is 6.92 Å². The van der Waals surface area contributed by atoms with Gasteiger partial charge in [-0.25, -0.2) is 9.59 Å². The Morgan fingerprint density at radius 2 is 1.72 bits per heavy atom. The van der Waals surface area contributed by atoms with Crippen LogP contribution in [0.4, 0.5) is 0 Å². The molecular weight excluding hydrogens is 244 g/mol. The summed E-state index contributed by atoms with van der Waals surface area (Å²) in [7, 11) is 0. The van der Waals surface area contributed by atoms with Crippen molar-refractivity contribution in [1.29, 1.82) is 0 Å². The van der Waals surface area contributed by atoms with Gasteiger partial charge in [0.05, 0.1) is 6.42 Å². The van der Waals surface area contributed by atoms with Crippen LogP contribution in [0.1, 0.15) is 34.1 Å². The van der Waals surface area contributed by atoms with Crippen LogP contribution in [-0.2, 0) is 23.9 Å². The van der Waals surface area contributed by atoms with E-state index in [0.717, 1.165) is 0 Å². The first-order valence-corrected chi connectivity index (χ1v) is 5.36. The number of ether oxygens (including phenoxy) is 2. The number of carbonyl (C=O) groups excluding carboxylic acids is 2. The van der Waals surface area contributed by atoms with Crippen LogP contribution in [0.15, 0.2) is 0 Å². The Bertz CT molecular complexity index is 329. The van der Waals surface area contributed by atoms with Crippen molar-refractivity contribution in [3.63, 3.8) is 0 Å². The minimum atomic E-state index is -1.84. The second kappa shape index (κ2) is 6.34. The summed E-state index contributed by atoms with van der Waals surface area (Å²) in [5, 5.41) is 17.3. The Morgan fingerprint density at radius 1 is 1.22 bits per heavy atom. The first-order chi connectivity index (χ1) is 8.03. The van der Waals surface area contributed by atoms with Gasteiger partial charge in [-0.15, -0.1) is 0 Å². The maximum absolute atomic E-state index is 11.4. The molecule has 0 rings (SSSR count). The summed E-state index contributed by atoms with van der Waals surface area (Å²) in [4.78, 5) is 32.9. The molecule has 7 nitrogen and oxygen atoms in total. The van der Waals surface area contributed by atoms with Gasteiger partial charge in [0.1, 0.15) is 5.60 Å². The molecule has 18 heavy (non-hydrogen) atoms. The number of hydrogen-bond acceptors (Lipinski definition) is 6. The average Bonchev–Trinajstić information content (AvgIpc) is 2.14. The number of aliphatic hydroxyl groups is 1. The number of hydrogen-bond donors (Lipinski definition) is 2. The van der Waals surface area contributed by atoms with E-state index < -0.39 is 42.1 Å². The third-order valence-electron chi connectivity index (χ3n) is 1.69. The van der Waals surface area contributed by atoms with Gasteiger partial charge in [-0.2, -0.15) is 0 Å². The molecule has 2 N–H and O–H groups in total. The van der Waals surface area contributed by atoms with Gasteiger partial charge in [-0.05, 0) is 27.7 Å². The van der Waals surface area contributed by atoms with Crippen molar-refractivity contribution in [2.45, 2.75) is 51.9 Å². The van der Waals surface area contributed by atoms with E-state index in [2.05, 4.69) is 4.74 Å². The summed E-state index contributed by atoms with van der Waals surface area (Å²) in [5.74, 6) is -3.25. The molecule has 0 aromatic rings. The van der Waals surface area contributed by atoms with Crippen LogP contribution < -0.4 is 0 Å². The molecule has 0 aliphatic heterocycles. The van der Waals surface area contributed by atoms with Crippen LogP contribution in [0.3, 0.4) is 0 Å². The molecule has 0 bridgehead atoms. The molecule has 0 fully saturated rings. The summed E-state index contributed by atoms with van der Waals surface area (Å²) in [6.45, 7) is 6.29. The normalized spacial score (nSPS) is 14.5. The van der Waals surface area contributed by atoms with Crippen LogP contribution >= 0.6 is 0 Å². The maximum atomic E-state index is 11.4. The topological polar surface area (TPSA) is 110 Å². The SMILES string of the molecule is C[C@H](OC(=O)C[C@H](O)C(=O)O)C(=O)OC(C)(C)C. The smallest absolute Gasteiger partial charge is 0.347 e. The van der Waals surface area contributed by atoms with Crippen molar-refractivity contribution in [3.8, 4) is 0 Å². The molecule has 0 aliphatic rings. The van der Waals surface area contributed by atoms with Crippen molar-refractivity contribution in [2.75, 3.05) is 0 Å². The molecule has 7 heteroatoms. The highest BCUT2D eigenvalue weighted by atomic mass is 16.6. The van der Waals surface area contributed by atoms with E-state index in [9.17, 15) is 14.4 Å². The predicted molar refractivity (Wildman–Crippen MR) is 59.7 cm³/mol. The van der Waals surface area contributed by atoms with Gasteiger partial charge in [0.15, 0.2) is 12.2 Å². The predicted octanol–water partition coefficient (Wildman–Crippen LogP) is 0.0954. The lowest BCUT2D eigenvalue weighted by Gasteiger charge is -2.22. The minimum Gasteiger partial charge on any atom is -0.479 e. The first-order valence-electron chi connectivity index (χ1n) is 5.36. The number of carboxylic acids is 1. The van der Waals surface area contributed by atoms with Crippen LogP contribution in [0.25, 0.3) is 0 Å². The third-order valence-corrected chi connectivity index (χ3v) is 1.69. The monoisotopic (exact) mass is 262 g/mol. The molecule has 0 heterocycles. The average molecular weight is 262 g/mol. The minimum absolute atomic E-state index is 0.710. The number of carboxylic acid groups (broad SMARTS) is 1. The van der Waals surface area contributed by atoms with Gasteiger partial charge in [-0.1, -0.05) is 0 Å². The van der Waals surface area contributed by atoms with Crippen molar-refractivity contribution >= 4 is 17.9 Å². The van der Waals surface area contributed by atoms with E-state index in [1.807, 2.05) is 0 Å². The fraction of sp³-hybridized carbons (Fsp3) is 0.727. The Balaban J connectivity index is 4.23. The molecule has 0 aliphatic carbocycles. The molecule has 0 saturated carbocycles. The third kappa shape index (κ3) is 6.85. The molecule has 104 valence electrons. The number of aliphatic hydroxyl groups excluding tert-OH is 1. The second-order valence-electron chi connectivity index (χ2n) is 4.72. The van der Waals surface area contributed by atoms with Gasteiger partial charge >= 0.3 is 17.9 Å². The van der Waals surface area contributed by atoms with Gasteiger partial charge in [0, 0.05) is 0 Å². The summed E-state index contributed by atoms with van der Waals surface area (Å²) in [6.07, 6.45) is -3.72. The number of esters is 2. The lowest BCUT2D eigenvalue weighted by molar-refractivity contribution is -0.176. The largest absolute Gasteiger partial charge is 0.479 e. The molecule has 0 radical (unpaired) electrons. The lowest BCUT2D eigenvalue weighted by atomic mass is 10.2. The summed E-state index contributed by atoms with van der Waals surface area (Å²) in [5.41, 5.74) is -0.710. The van der Waals surface area contributed by atoms with E-state index in [4.69, 9.17) is 14.9 Å². The number of aliphatic carboxylic acids is 1. The number of rotatable bonds is 5. The summed E-state index contributed by atoms with van der Waals surface area (Å²) >= 11 is 0. The van der Waals surface area contributed by atoms with Crippen LogP contribution in [-0.4, -0.2) is 45.9 Å². The summed E-state index contributed by atoms with van der Waals surface area (Å²) in [6, 6.07) is 0. The second-order valence-corrected chi connectivity index (χ2v) is 4.72. The van der Waals surface area contributed by atoms with E-state index in [1.54, 1.807) is 20.8 Å². The Kier molecular flexibility index (Phi) is 5.77. The van der Waals surface area contributed by atoms with Crippen LogP contribution in [0.2, 0.25) is 0 Å². The summed E-state index contributed by atoms with van der Waals surface area (Å²) < 4.78 is 9.60. The van der Waals surface area contributed by atoms with Crippen molar-refractivity contribution in [1.82, 2.24) is 0 Å². The molecule has 2 atom stereocenters. The van der Waals surface area contributed by atoms with Gasteiger partial charge in [0.25, 0.3) is 0 Å². The van der Waals surface area contributed by atoms with E-state index in [0.29, 0.717) is 0 Å². The van der Waals surface area contributed by atoms with Gasteiger partial charge < -0.3 is 19.7 Å². The van der Waals surface area contributed by atoms with Gasteiger partial charge in [-0.3, -0.25) is 4.79 Å². The van der Waals surface area contributed by atoms with Crippen molar-refractivity contribution in [2.24, 2.45) is 0 Å². The zero-order chi connectivity index (χ0) is 14.5. The highest BCUT2D eigenvalue weighted by Crippen LogP contribution is 2.10. The Hall–Kier alpha value is -1.63. The zero-order valence-electron chi connectivity index (χ0n) is 10.8. The van der Waals surface area contributed by atoms with E-state index >= 15 is 0 Å². The zero-order valence-corrected chi connectivity index (χ0v) is 10.8. The maximum Gasteiger partial charge on any atom is 0.347 e. The molecular formula is C11H18O7. The first kappa shape index (κ1) is 16.4. The molecule has 0 saturated heterocycles.